The topological polar surface area (TPSA) is 39.4 Å². The monoisotopic (exact) mass is 407 g/mol. The zero-order valence-electron chi connectivity index (χ0n) is 16.8. The minimum atomic E-state index is 0.229. The van der Waals surface area contributed by atoms with Gasteiger partial charge in [-0.05, 0) is 80.9 Å². The minimum absolute atomic E-state index is 0.229. The summed E-state index contributed by atoms with van der Waals surface area (Å²) in [5.41, 5.74) is 3.24. The molecule has 150 valence electrons. The number of fused-ring (bicyclic) bond motifs is 1. The Bertz CT molecular complexity index is 1030. The lowest BCUT2D eigenvalue weighted by Crippen LogP contribution is -2.49. The highest BCUT2D eigenvalue weighted by Crippen LogP contribution is 2.60. The molecule has 4 aliphatic carbocycles. The SMILES string of the molecule is Cc1cccc(Cl)c1OCc1cccn2c(C34CC5CC(CC(C5)C3)C4)nnc12. The molecule has 0 amide bonds. The van der Waals surface area contributed by atoms with Crippen LogP contribution in [0.25, 0.3) is 5.65 Å². The first-order chi connectivity index (χ1) is 14.1. The van der Waals surface area contributed by atoms with Crippen LogP contribution in [0.2, 0.25) is 5.02 Å². The lowest BCUT2D eigenvalue weighted by atomic mass is 9.49. The van der Waals surface area contributed by atoms with E-state index in [9.17, 15) is 0 Å². The van der Waals surface area contributed by atoms with Crippen LogP contribution in [0.15, 0.2) is 36.5 Å². The van der Waals surface area contributed by atoms with E-state index >= 15 is 0 Å². The van der Waals surface area contributed by atoms with Crippen molar-refractivity contribution in [1.82, 2.24) is 14.6 Å². The number of rotatable bonds is 4. The summed E-state index contributed by atoms with van der Waals surface area (Å²) in [5, 5.41) is 10.0. The van der Waals surface area contributed by atoms with E-state index in [1.54, 1.807) is 0 Å². The smallest absolute Gasteiger partial charge is 0.167 e. The summed E-state index contributed by atoms with van der Waals surface area (Å²) in [6.45, 7) is 2.46. The van der Waals surface area contributed by atoms with E-state index < -0.39 is 0 Å². The highest BCUT2D eigenvalue weighted by atomic mass is 35.5. The number of pyridine rings is 1. The summed E-state index contributed by atoms with van der Waals surface area (Å²) in [5.74, 6) is 4.61. The number of aryl methyl sites for hydroxylation is 1. The number of halogens is 1. The van der Waals surface area contributed by atoms with E-state index in [-0.39, 0.29) is 5.41 Å². The van der Waals surface area contributed by atoms with Gasteiger partial charge in [-0.15, -0.1) is 10.2 Å². The Morgan fingerprint density at radius 2 is 1.76 bits per heavy atom. The Morgan fingerprint density at radius 1 is 1.03 bits per heavy atom. The summed E-state index contributed by atoms with van der Waals surface area (Å²) >= 11 is 6.34. The van der Waals surface area contributed by atoms with Crippen molar-refractivity contribution in [2.24, 2.45) is 17.8 Å². The fourth-order valence-electron chi connectivity index (χ4n) is 6.78. The molecule has 29 heavy (non-hydrogen) atoms. The first-order valence-corrected chi connectivity index (χ1v) is 11.2. The quantitative estimate of drug-likeness (QED) is 0.553. The second kappa shape index (κ2) is 6.46. The fourth-order valence-corrected chi connectivity index (χ4v) is 7.06. The number of para-hydroxylation sites is 1. The van der Waals surface area contributed by atoms with Gasteiger partial charge in [-0.1, -0.05) is 29.8 Å². The molecule has 0 atom stereocenters. The predicted molar refractivity (Wildman–Crippen MR) is 113 cm³/mol. The van der Waals surface area contributed by atoms with E-state index in [1.165, 1.54) is 44.3 Å². The summed E-state index contributed by atoms with van der Waals surface area (Å²) in [6.07, 6.45) is 10.3. The highest BCUT2D eigenvalue weighted by Gasteiger charge is 2.53. The molecule has 3 aromatic rings. The van der Waals surface area contributed by atoms with Crippen molar-refractivity contribution in [1.29, 1.82) is 0 Å². The van der Waals surface area contributed by atoms with E-state index in [4.69, 9.17) is 21.4 Å². The normalized spacial score (nSPS) is 30.2. The Morgan fingerprint density at radius 3 is 2.45 bits per heavy atom. The first kappa shape index (κ1) is 17.8. The largest absolute Gasteiger partial charge is 0.487 e. The molecule has 2 heterocycles. The van der Waals surface area contributed by atoms with Crippen molar-refractivity contribution >= 4 is 17.2 Å². The van der Waals surface area contributed by atoms with Crippen LogP contribution in [0.4, 0.5) is 0 Å². The molecule has 4 bridgehead atoms. The van der Waals surface area contributed by atoms with Crippen LogP contribution in [-0.2, 0) is 12.0 Å². The summed E-state index contributed by atoms with van der Waals surface area (Å²) in [7, 11) is 0. The highest BCUT2D eigenvalue weighted by molar-refractivity contribution is 6.32. The van der Waals surface area contributed by atoms with E-state index in [1.807, 2.05) is 25.1 Å². The number of aromatic nitrogens is 3. The molecule has 4 nitrogen and oxygen atoms in total. The van der Waals surface area contributed by atoms with Gasteiger partial charge in [0, 0.05) is 17.2 Å². The molecule has 0 N–H and O–H groups in total. The number of ether oxygens (including phenoxy) is 1. The van der Waals surface area contributed by atoms with Crippen LogP contribution < -0.4 is 4.74 Å². The molecule has 4 saturated carbocycles. The van der Waals surface area contributed by atoms with Crippen LogP contribution in [0.5, 0.6) is 5.75 Å². The Labute approximate surface area is 176 Å². The van der Waals surface area contributed by atoms with Crippen LogP contribution in [0.3, 0.4) is 0 Å². The summed E-state index contributed by atoms with van der Waals surface area (Å²) < 4.78 is 8.35. The van der Waals surface area contributed by atoms with Crippen molar-refractivity contribution in [3.8, 4) is 5.75 Å². The second-order valence-corrected chi connectivity index (χ2v) is 10.0. The first-order valence-electron chi connectivity index (χ1n) is 10.8. The molecule has 1 aromatic carbocycles. The number of benzene rings is 1. The van der Waals surface area contributed by atoms with E-state index in [0.717, 1.165) is 40.3 Å². The van der Waals surface area contributed by atoms with Gasteiger partial charge in [0.2, 0.25) is 0 Å². The molecule has 7 rings (SSSR count). The van der Waals surface area contributed by atoms with Gasteiger partial charge in [0.1, 0.15) is 18.2 Å². The maximum Gasteiger partial charge on any atom is 0.167 e. The van der Waals surface area contributed by atoms with Crippen LogP contribution >= 0.6 is 11.6 Å². The lowest BCUT2D eigenvalue weighted by molar-refractivity contribution is -0.00984. The van der Waals surface area contributed by atoms with Gasteiger partial charge in [0.05, 0.1) is 5.02 Å². The summed E-state index contributed by atoms with van der Waals surface area (Å²) in [4.78, 5) is 0. The van der Waals surface area contributed by atoms with Crippen LogP contribution in [-0.4, -0.2) is 14.6 Å². The van der Waals surface area contributed by atoms with Crippen LogP contribution in [0.1, 0.15) is 55.5 Å². The third-order valence-corrected chi connectivity index (χ3v) is 7.86. The molecule has 0 spiro atoms. The molecular formula is C24H26ClN3O. The molecule has 0 aliphatic heterocycles. The third kappa shape index (κ3) is 2.79. The van der Waals surface area contributed by atoms with Gasteiger partial charge in [-0.25, -0.2) is 0 Å². The van der Waals surface area contributed by atoms with Crippen molar-refractivity contribution in [3.05, 3.63) is 58.5 Å². The number of hydrogen-bond donors (Lipinski definition) is 0. The van der Waals surface area contributed by atoms with Crippen LogP contribution in [0, 0.1) is 24.7 Å². The molecule has 0 unspecified atom stereocenters. The Hall–Kier alpha value is -2.07. The average Bonchev–Trinajstić information content (AvgIpc) is 3.12. The van der Waals surface area contributed by atoms with Gasteiger partial charge >= 0.3 is 0 Å². The number of nitrogens with zero attached hydrogens (tertiary/aromatic N) is 3. The molecule has 4 fully saturated rings. The van der Waals surface area contributed by atoms with Gasteiger partial charge in [0.25, 0.3) is 0 Å². The van der Waals surface area contributed by atoms with Gasteiger partial charge in [-0.3, -0.25) is 4.40 Å². The molecule has 0 radical (unpaired) electrons. The van der Waals surface area contributed by atoms with Crippen molar-refractivity contribution in [2.75, 3.05) is 0 Å². The third-order valence-electron chi connectivity index (χ3n) is 7.56. The average molecular weight is 408 g/mol. The van der Waals surface area contributed by atoms with Crippen molar-refractivity contribution in [3.63, 3.8) is 0 Å². The molecular weight excluding hydrogens is 382 g/mol. The Balaban J connectivity index is 1.35. The van der Waals surface area contributed by atoms with Gasteiger partial charge < -0.3 is 4.74 Å². The summed E-state index contributed by atoms with van der Waals surface area (Å²) in [6, 6.07) is 10.0. The van der Waals surface area contributed by atoms with E-state index in [2.05, 4.69) is 27.8 Å². The zero-order chi connectivity index (χ0) is 19.6. The van der Waals surface area contributed by atoms with E-state index in [0.29, 0.717) is 11.6 Å². The molecule has 2 aromatic heterocycles. The second-order valence-electron chi connectivity index (χ2n) is 9.62. The molecule has 4 aliphatic rings. The minimum Gasteiger partial charge on any atom is -0.487 e. The Kier molecular flexibility index (Phi) is 3.96. The standard InChI is InChI=1S/C24H26ClN3O/c1-15-4-2-6-20(25)21(15)29-14-19-5-3-7-28-22(19)26-27-23(28)24-11-16-8-17(12-24)10-18(9-16)13-24/h2-7,16-18H,8-14H2,1H3. The van der Waals surface area contributed by atoms with Crippen molar-refractivity contribution < 1.29 is 4.74 Å². The van der Waals surface area contributed by atoms with Crippen molar-refractivity contribution in [2.45, 2.75) is 57.5 Å². The zero-order valence-corrected chi connectivity index (χ0v) is 17.5. The molecule has 0 saturated heterocycles. The fraction of sp³-hybridized carbons (Fsp3) is 0.500. The predicted octanol–water partition coefficient (Wildman–Crippen LogP) is 5.74. The van der Waals surface area contributed by atoms with Gasteiger partial charge in [0.15, 0.2) is 5.65 Å². The van der Waals surface area contributed by atoms with Gasteiger partial charge in [-0.2, -0.15) is 0 Å². The lowest BCUT2D eigenvalue weighted by Gasteiger charge is -2.55. The maximum atomic E-state index is 6.34. The number of hydrogen-bond acceptors (Lipinski definition) is 3. The maximum absolute atomic E-state index is 6.34. The molecule has 5 heteroatoms.